The minimum absolute atomic E-state index is 0.0402. The molecule has 1 saturated heterocycles. The van der Waals surface area contributed by atoms with E-state index in [-0.39, 0.29) is 21.6 Å². The number of carbonyl (C=O) groups is 1. The predicted octanol–water partition coefficient (Wildman–Crippen LogP) is 3.80. The molecule has 0 atom stereocenters. The molecule has 1 amide bonds. The van der Waals surface area contributed by atoms with Crippen LogP contribution in [0.5, 0.6) is 0 Å². The quantitative estimate of drug-likeness (QED) is 0.732. The van der Waals surface area contributed by atoms with E-state index in [1.807, 2.05) is 32.0 Å². The van der Waals surface area contributed by atoms with E-state index in [1.54, 1.807) is 24.3 Å². The van der Waals surface area contributed by atoms with Crippen LogP contribution in [0.15, 0.2) is 63.4 Å². The van der Waals surface area contributed by atoms with E-state index in [2.05, 4.69) is 0 Å². The Hall–Kier alpha value is -2.56. The smallest absolute Gasteiger partial charge is 0.242 e. The van der Waals surface area contributed by atoms with Gasteiger partial charge < -0.3 is 0 Å². The summed E-state index contributed by atoms with van der Waals surface area (Å²) in [7, 11) is -4.02. The molecule has 1 aliphatic heterocycles. The van der Waals surface area contributed by atoms with Gasteiger partial charge >= 0.3 is 0 Å². The largest absolute Gasteiger partial charge is 0.273 e. The monoisotopic (exact) mass is 398 g/mol. The lowest BCUT2D eigenvalue weighted by atomic mass is 10.1. The van der Waals surface area contributed by atoms with Gasteiger partial charge in [-0.3, -0.25) is 9.69 Å². The van der Waals surface area contributed by atoms with Gasteiger partial charge in [0.05, 0.1) is 10.6 Å². The van der Waals surface area contributed by atoms with Gasteiger partial charge in [0.1, 0.15) is 11.1 Å². The Morgan fingerprint density at radius 1 is 1.15 bits per heavy atom. The van der Waals surface area contributed by atoms with Gasteiger partial charge in [0.15, 0.2) is 4.91 Å². The van der Waals surface area contributed by atoms with Crippen molar-refractivity contribution in [2.75, 3.05) is 10.7 Å². The lowest BCUT2D eigenvalue weighted by Gasteiger charge is -2.19. The maximum Gasteiger partial charge on any atom is 0.242 e. The molecule has 1 fully saturated rings. The summed E-state index contributed by atoms with van der Waals surface area (Å²) in [6.07, 6.45) is 0.858. The number of sulfone groups is 1. The minimum atomic E-state index is -4.02. The Balaban J connectivity index is 2.13. The predicted molar refractivity (Wildman–Crippen MR) is 107 cm³/mol. The van der Waals surface area contributed by atoms with Crippen LogP contribution in [0.25, 0.3) is 0 Å². The number of carbonyl (C=O) groups excluding carboxylic acids is 1. The maximum atomic E-state index is 13.0. The average molecular weight is 399 g/mol. The molecule has 0 saturated carbocycles. The molecular weight excluding hydrogens is 380 g/mol. The van der Waals surface area contributed by atoms with Gasteiger partial charge in [0.25, 0.3) is 0 Å². The average Bonchev–Trinajstić information content (AvgIpc) is 3.03. The Labute approximate surface area is 163 Å². The summed E-state index contributed by atoms with van der Waals surface area (Å²) < 4.78 is 26.0. The van der Waals surface area contributed by atoms with Crippen molar-refractivity contribution in [1.29, 1.82) is 5.26 Å². The Morgan fingerprint density at radius 2 is 1.78 bits per heavy atom. The van der Waals surface area contributed by atoms with Crippen LogP contribution in [0.2, 0.25) is 0 Å². The van der Waals surface area contributed by atoms with Crippen molar-refractivity contribution in [3.05, 3.63) is 69.6 Å². The Bertz CT molecular complexity index is 1050. The van der Waals surface area contributed by atoms with E-state index in [0.717, 1.165) is 29.3 Å². The highest BCUT2D eigenvalue weighted by atomic mass is 32.2. The van der Waals surface area contributed by atoms with Gasteiger partial charge in [-0.1, -0.05) is 48.5 Å². The second kappa shape index (κ2) is 7.59. The number of aryl methyl sites for hydroxylation is 2. The Kier molecular flexibility index (Phi) is 5.40. The van der Waals surface area contributed by atoms with E-state index >= 15 is 0 Å². The SMILES string of the molecule is CCc1ccc(N2C(=O)CS/C2=C(\C#N)S(=O)(=O)c2ccc(C)cc2)cc1. The molecule has 1 aliphatic rings. The van der Waals surface area contributed by atoms with Crippen LogP contribution in [0.1, 0.15) is 18.1 Å². The minimum Gasteiger partial charge on any atom is -0.273 e. The topological polar surface area (TPSA) is 78.2 Å². The van der Waals surface area contributed by atoms with Gasteiger partial charge in [-0.05, 0) is 43.2 Å². The summed E-state index contributed by atoms with van der Waals surface area (Å²) in [6, 6.07) is 15.5. The molecule has 0 N–H and O–H groups in total. The summed E-state index contributed by atoms with van der Waals surface area (Å²) >= 11 is 1.08. The lowest BCUT2D eigenvalue weighted by molar-refractivity contribution is -0.115. The highest BCUT2D eigenvalue weighted by molar-refractivity contribution is 8.05. The molecule has 138 valence electrons. The number of allylic oxidation sites excluding steroid dienone is 1. The normalized spacial score (nSPS) is 16.3. The van der Waals surface area contributed by atoms with Gasteiger partial charge in [-0.2, -0.15) is 5.26 Å². The molecule has 2 aromatic rings. The highest BCUT2D eigenvalue weighted by Gasteiger charge is 2.36. The Morgan fingerprint density at radius 3 is 2.33 bits per heavy atom. The van der Waals surface area contributed by atoms with Gasteiger partial charge in [0.2, 0.25) is 15.7 Å². The van der Waals surface area contributed by atoms with Gasteiger partial charge in [-0.25, -0.2) is 8.42 Å². The fourth-order valence-corrected chi connectivity index (χ4v) is 5.32. The van der Waals surface area contributed by atoms with Crippen LogP contribution in [0.3, 0.4) is 0 Å². The van der Waals surface area contributed by atoms with Crippen molar-refractivity contribution >= 4 is 33.2 Å². The molecular formula is C20H18N2O3S2. The van der Waals surface area contributed by atoms with Crippen molar-refractivity contribution in [1.82, 2.24) is 0 Å². The van der Waals surface area contributed by atoms with Crippen LogP contribution in [-0.2, 0) is 21.1 Å². The van der Waals surface area contributed by atoms with Crippen molar-refractivity contribution in [3.8, 4) is 6.07 Å². The molecule has 2 aromatic carbocycles. The molecule has 0 aromatic heterocycles. The number of hydrogen-bond donors (Lipinski definition) is 0. The zero-order valence-electron chi connectivity index (χ0n) is 15.0. The second-order valence-electron chi connectivity index (χ2n) is 6.10. The lowest BCUT2D eigenvalue weighted by Crippen LogP contribution is -2.25. The van der Waals surface area contributed by atoms with Crippen molar-refractivity contribution in [2.45, 2.75) is 25.2 Å². The molecule has 0 radical (unpaired) electrons. The number of rotatable bonds is 4. The molecule has 3 rings (SSSR count). The third-order valence-corrected chi connectivity index (χ3v) is 7.18. The first-order chi connectivity index (χ1) is 12.9. The van der Waals surface area contributed by atoms with Crippen LogP contribution in [0.4, 0.5) is 5.69 Å². The van der Waals surface area contributed by atoms with E-state index in [9.17, 15) is 18.5 Å². The van der Waals surface area contributed by atoms with Gasteiger partial charge in [-0.15, -0.1) is 0 Å². The summed E-state index contributed by atoms with van der Waals surface area (Å²) in [5.41, 5.74) is 2.59. The highest BCUT2D eigenvalue weighted by Crippen LogP contribution is 2.38. The number of anilines is 1. The molecule has 1 heterocycles. The summed E-state index contributed by atoms with van der Waals surface area (Å²) in [4.78, 5) is 13.4. The number of benzene rings is 2. The number of amides is 1. The van der Waals surface area contributed by atoms with E-state index in [4.69, 9.17) is 0 Å². The standard InChI is InChI=1S/C20H18N2O3S2/c1-3-15-6-8-16(9-7-15)22-19(23)13-26-20(22)18(12-21)27(24,25)17-10-4-14(2)5-11-17/h4-11H,3,13H2,1-2H3/b20-18+. The van der Waals surface area contributed by atoms with Crippen LogP contribution < -0.4 is 4.90 Å². The zero-order chi connectivity index (χ0) is 19.6. The number of thioether (sulfide) groups is 1. The first-order valence-electron chi connectivity index (χ1n) is 8.39. The molecule has 7 heteroatoms. The van der Waals surface area contributed by atoms with E-state index < -0.39 is 14.7 Å². The fraction of sp³-hybridized carbons (Fsp3) is 0.200. The number of hydrogen-bond acceptors (Lipinski definition) is 5. The molecule has 0 spiro atoms. The van der Waals surface area contributed by atoms with Crippen LogP contribution in [0, 0.1) is 18.3 Å². The second-order valence-corrected chi connectivity index (χ2v) is 8.95. The molecule has 0 bridgehead atoms. The number of nitriles is 1. The molecule has 0 unspecified atom stereocenters. The molecule has 5 nitrogen and oxygen atoms in total. The fourth-order valence-electron chi connectivity index (χ4n) is 2.74. The third-order valence-electron chi connectivity index (χ3n) is 4.28. The first-order valence-corrected chi connectivity index (χ1v) is 10.9. The van der Waals surface area contributed by atoms with Crippen molar-refractivity contribution in [3.63, 3.8) is 0 Å². The van der Waals surface area contributed by atoms with Crippen LogP contribution >= 0.6 is 11.8 Å². The van der Waals surface area contributed by atoms with Crippen LogP contribution in [-0.4, -0.2) is 20.1 Å². The summed E-state index contributed by atoms with van der Waals surface area (Å²) in [5.74, 6) is -0.148. The third kappa shape index (κ3) is 3.64. The summed E-state index contributed by atoms with van der Waals surface area (Å²) in [5, 5.41) is 9.79. The van der Waals surface area contributed by atoms with Crippen molar-refractivity contribution < 1.29 is 13.2 Å². The maximum absolute atomic E-state index is 13.0. The number of nitrogens with zero attached hydrogens (tertiary/aromatic N) is 2. The first kappa shape index (κ1) is 19.2. The van der Waals surface area contributed by atoms with E-state index in [0.29, 0.717) is 5.69 Å². The molecule has 27 heavy (non-hydrogen) atoms. The van der Waals surface area contributed by atoms with Crippen molar-refractivity contribution in [2.24, 2.45) is 0 Å². The van der Waals surface area contributed by atoms with E-state index in [1.165, 1.54) is 17.0 Å². The zero-order valence-corrected chi connectivity index (χ0v) is 16.6. The summed E-state index contributed by atoms with van der Waals surface area (Å²) in [6.45, 7) is 3.88. The molecule has 0 aliphatic carbocycles. The van der Waals surface area contributed by atoms with Gasteiger partial charge in [0, 0.05) is 5.69 Å².